The van der Waals surface area contributed by atoms with Gasteiger partial charge in [0.2, 0.25) is 0 Å². The standard InChI is InChI=1S/C8H17NO2/c1-7(2,3)11-6-8(10)4-9-5-8/h9-10H,4-6H2,1-3H3. The minimum absolute atomic E-state index is 0.147. The van der Waals surface area contributed by atoms with Crippen LogP contribution in [-0.4, -0.2) is 36.0 Å². The van der Waals surface area contributed by atoms with E-state index in [9.17, 15) is 5.11 Å². The first-order valence-electron chi connectivity index (χ1n) is 3.98. The van der Waals surface area contributed by atoms with Crippen molar-refractivity contribution in [3.8, 4) is 0 Å². The van der Waals surface area contributed by atoms with Gasteiger partial charge in [0.15, 0.2) is 0 Å². The van der Waals surface area contributed by atoms with E-state index in [1.54, 1.807) is 0 Å². The molecule has 0 aromatic heterocycles. The van der Waals surface area contributed by atoms with Crippen molar-refractivity contribution in [2.75, 3.05) is 19.7 Å². The second-order valence-electron chi connectivity index (χ2n) is 4.23. The smallest absolute Gasteiger partial charge is 0.113 e. The molecule has 3 nitrogen and oxygen atoms in total. The number of rotatable bonds is 2. The molecule has 0 atom stereocenters. The van der Waals surface area contributed by atoms with Crippen molar-refractivity contribution in [3.05, 3.63) is 0 Å². The molecule has 0 amide bonds. The van der Waals surface area contributed by atoms with Crippen molar-refractivity contribution in [3.63, 3.8) is 0 Å². The molecule has 11 heavy (non-hydrogen) atoms. The normalized spacial score (nSPS) is 22.9. The lowest BCUT2D eigenvalue weighted by molar-refractivity contribution is -0.119. The van der Waals surface area contributed by atoms with E-state index in [0.29, 0.717) is 19.7 Å². The van der Waals surface area contributed by atoms with Gasteiger partial charge in [-0.3, -0.25) is 0 Å². The van der Waals surface area contributed by atoms with Crippen LogP contribution in [0.1, 0.15) is 20.8 Å². The first-order valence-corrected chi connectivity index (χ1v) is 3.98. The Kier molecular flexibility index (Phi) is 2.23. The first-order chi connectivity index (χ1) is 4.91. The summed E-state index contributed by atoms with van der Waals surface area (Å²) in [5.41, 5.74) is -0.751. The van der Waals surface area contributed by atoms with Crippen molar-refractivity contribution in [2.24, 2.45) is 0 Å². The molecule has 66 valence electrons. The van der Waals surface area contributed by atoms with Crippen LogP contribution in [0.15, 0.2) is 0 Å². The fourth-order valence-corrected chi connectivity index (χ4v) is 0.866. The summed E-state index contributed by atoms with van der Waals surface area (Å²) in [5, 5.41) is 12.6. The molecule has 1 rings (SSSR count). The van der Waals surface area contributed by atoms with Crippen molar-refractivity contribution < 1.29 is 9.84 Å². The minimum Gasteiger partial charge on any atom is -0.385 e. The third-order valence-electron chi connectivity index (χ3n) is 1.68. The second kappa shape index (κ2) is 2.73. The van der Waals surface area contributed by atoms with E-state index in [2.05, 4.69) is 5.32 Å². The Morgan fingerprint density at radius 1 is 1.45 bits per heavy atom. The topological polar surface area (TPSA) is 41.5 Å². The third kappa shape index (κ3) is 2.77. The van der Waals surface area contributed by atoms with Crippen LogP contribution in [0.3, 0.4) is 0 Å². The molecule has 2 N–H and O–H groups in total. The molecule has 1 aliphatic rings. The summed E-state index contributed by atoms with van der Waals surface area (Å²) < 4.78 is 5.45. The van der Waals surface area contributed by atoms with Gasteiger partial charge < -0.3 is 15.2 Å². The molecule has 1 saturated heterocycles. The zero-order valence-corrected chi connectivity index (χ0v) is 7.48. The highest BCUT2D eigenvalue weighted by molar-refractivity contribution is 4.92. The van der Waals surface area contributed by atoms with Gasteiger partial charge in [-0.15, -0.1) is 0 Å². The van der Waals surface area contributed by atoms with E-state index < -0.39 is 5.60 Å². The lowest BCUT2D eigenvalue weighted by atomic mass is 9.98. The summed E-state index contributed by atoms with van der Waals surface area (Å²) >= 11 is 0. The summed E-state index contributed by atoms with van der Waals surface area (Å²) in [7, 11) is 0. The van der Waals surface area contributed by atoms with E-state index in [4.69, 9.17) is 4.74 Å². The molecule has 0 spiro atoms. The predicted molar refractivity (Wildman–Crippen MR) is 43.5 cm³/mol. The Balaban J connectivity index is 2.21. The minimum atomic E-state index is -0.604. The highest BCUT2D eigenvalue weighted by atomic mass is 16.5. The summed E-state index contributed by atoms with van der Waals surface area (Å²) in [6.45, 7) is 7.71. The van der Waals surface area contributed by atoms with E-state index in [1.807, 2.05) is 20.8 Å². The Morgan fingerprint density at radius 3 is 2.27 bits per heavy atom. The predicted octanol–water partition coefficient (Wildman–Crippen LogP) is 0.136. The molecule has 1 fully saturated rings. The SMILES string of the molecule is CC(C)(C)OCC1(O)CNC1. The highest BCUT2D eigenvalue weighted by Crippen LogP contribution is 2.15. The molecule has 0 bridgehead atoms. The number of nitrogens with one attached hydrogen (secondary N) is 1. The van der Waals surface area contributed by atoms with Gasteiger partial charge in [-0.25, -0.2) is 0 Å². The number of ether oxygens (including phenoxy) is 1. The molecule has 0 aromatic rings. The Morgan fingerprint density at radius 2 is 2.00 bits per heavy atom. The molecular weight excluding hydrogens is 142 g/mol. The molecule has 0 aliphatic carbocycles. The van der Waals surface area contributed by atoms with E-state index in [1.165, 1.54) is 0 Å². The summed E-state index contributed by atoms with van der Waals surface area (Å²) in [4.78, 5) is 0. The van der Waals surface area contributed by atoms with Gasteiger partial charge in [0.25, 0.3) is 0 Å². The Hall–Kier alpha value is -0.120. The first kappa shape index (κ1) is 8.97. The van der Waals surface area contributed by atoms with E-state index >= 15 is 0 Å². The summed E-state index contributed by atoms with van der Waals surface area (Å²) in [6.07, 6.45) is 0. The largest absolute Gasteiger partial charge is 0.385 e. The number of hydrogen-bond acceptors (Lipinski definition) is 3. The molecule has 1 heterocycles. The van der Waals surface area contributed by atoms with Gasteiger partial charge in [-0.2, -0.15) is 0 Å². The van der Waals surface area contributed by atoms with Gasteiger partial charge >= 0.3 is 0 Å². The van der Waals surface area contributed by atoms with Crippen molar-refractivity contribution >= 4 is 0 Å². The monoisotopic (exact) mass is 159 g/mol. The maximum absolute atomic E-state index is 9.59. The van der Waals surface area contributed by atoms with Crippen molar-refractivity contribution in [1.82, 2.24) is 5.32 Å². The summed E-state index contributed by atoms with van der Waals surface area (Å²) in [5.74, 6) is 0. The average Bonchev–Trinajstić information content (AvgIpc) is 1.77. The molecular formula is C8H17NO2. The zero-order chi connectivity index (χ0) is 8.54. The third-order valence-corrected chi connectivity index (χ3v) is 1.68. The summed E-state index contributed by atoms with van der Waals surface area (Å²) in [6, 6.07) is 0. The van der Waals surface area contributed by atoms with Crippen LogP contribution >= 0.6 is 0 Å². The fraction of sp³-hybridized carbons (Fsp3) is 1.00. The lowest BCUT2D eigenvalue weighted by Gasteiger charge is -2.39. The van der Waals surface area contributed by atoms with E-state index in [-0.39, 0.29) is 5.60 Å². The number of β-amino-alcohol motifs (C(OH)–C–C–N with tert-alkyl or cyclic N) is 1. The van der Waals surface area contributed by atoms with Gasteiger partial charge in [-0.1, -0.05) is 0 Å². The van der Waals surface area contributed by atoms with Crippen LogP contribution in [-0.2, 0) is 4.74 Å². The van der Waals surface area contributed by atoms with Crippen LogP contribution in [0.25, 0.3) is 0 Å². The zero-order valence-electron chi connectivity index (χ0n) is 7.48. The molecule has 0 saturated carbocycles. The molecule has 0 aromatic carbocycles. The highest BCUT2D eigenvalue weighted by Gasteiger charge is 2.35. The Labute approximate surface area is 67.7 Å². The molecule has 3 heteroatoms. The molecule has 1 aliphatic heterocycles. The maximum Gasteiger partial charge on any atom is 0.113 e. The Bertz CT molecular complexity index is 136. The van der Waals surface area contributed by atoms with Crippen LogP contribution in [0, 0.1) is 0 Å². The van der Waals surface area contributed by atoms with Crippen molar-refractivity contribution in [2.45, 2.75) is 32.0 Å². The van der Waals surface area contributed by atoms with Crippen molar-refractivity contribution in [1.29, 1.82) is 0 Å². The van der Waals surface area contributed by atoms with Crippen LogP contribution in [0.4, 0.5) is 0 Å². The van der Waals surface area contributed by atoms with Gasteiger partial charge in [0.1, 0.15) is 5.60 Å². The second-order valence-corrected chi connectivity index (χ2v) is 4.23. The number of aliphatic hydroxyl groups is 1. The molecule has 0 radical (unpaired) electrons. The maximum atomic E-state index is 9.59. The molecule has 0 unspecified atom stereocenters. The lowest BCUT2D eigenvalue weighted by Crippen LogP contribution is -2.62. The average molecular weight is 159 g/mol. The van der Waals surface area contributed by atoms with E-state index in [0.717, 1.165) is 0 Å². The number of hydrogen-bond donors (Lipinski definition) is 2. The van der Waals surface area contributed by atoms with Crippen LogP contribution in [0.2, 0.25) is 0 Å². The van der Waals surface area contributed by atoms with Gasteiger partial charge in [0, 0.05) is 13.1 Å². The van der Waals surface area contributed by atoms with Gasteiger partial charge in [-0.05, 0) is 20.8 Å². The van der Waals surface area contributed by atoms with Gasteiger partial charge in [0.05, 0.1) is 12.2 Å². The van der Waals surface area contributed by atoms with Crippen LogP contribution in [0.5, 0.6) is 0 Å². The quantitative estimate of drug-likeness (QED) is 0.602. The van der Waals surface area contributed by atoms with Crippen LogP contribution < -0.4 is 5.32 Å². The fourth-order valence-electron chi connectivity index (χ4n) is 0.866.